The van der Waals surface area contributed by atoms with Crippen LogP contribution in [0.4, 0.5) is 0 Å². The average molecular weight is 357 g/mol. The maximum absolute atomic E-state index is 12.1. The van der Waals surface area contributed by atoms with Crippen LogP contribution in [0.2, 0.25) is 0 Å². The number of rotatable bonds is 6. The molecule has 1 saturated heterocycles. The van der Waals surface area contributed by atoms with Crippen molar-refractivity contribution >= 4 is 11.8 Å². The second-order valence-electron chi connectivity index (χ2n) is 6.37. The first-order chi connectivity index (χ1) is 12.6. The lowest BCUT2D eigenvalue weighted by molar-refractivity contribution is -0.134. The van der Waals surface area contributed by atoms with E-state index in [1.165, 1.54) is 6.42 Å². The van der Waals surface area contributed by atoms with Gasteiger partial charge in [0.1, 0.15) is 17.2 Å². The van der Waals surface area contributed by atoms with Crippen LogP contribution in [0, 0.1) is 6.92 Å². The highest BCUT2D eigenvalue weighted by Crippen LogP contribution is 2.14. The smallest absolute Gasteiger partial charge is 0.260 e. The van der Waals surface area contributed by atoms with Crippen LogP contribution in [0.15, 0.2) is 34.9 Å². The summed E-state index contributed by atoms with van der Waals surface area (Å²) >= 11 is 0. The van der Waals surface area contributed by atoms with Gasteiger partial charge in [0.25, 0.3) is 11.8 Å². The molecule has 3 rings (SSSR count). The van der Waals surface area contributed by atoms with E-state index in [0.717, 1.165) is 25.9 Å². The van der Waals surface area contributed by atoms with Gasteiger partial charge in [0.2, 0.25) is 0 Å². The molecule has 0 aliphatic carbocycles. The summed E-state index contributed by atoms with van der Waals surface area (Å²) < 4.78 is 10.5. The zero-order valence-corrected chi connectivity index (χ0v) is 14.9. The first-order valence-electron chi connectivity index (χ1n) is 8.83. The summed E-state index contributed by atoms with van der Waals surface area (Å²) in [5.74, 6) is 1.07. The Kier molecular flexibility index (Phi) is 5.88. The van der Waals surface area contributed by atoms with Crippen molar-refractivity contribution in [3.05, 3.63) is 47.3 Å². The fraction of sp³-hybridized carbons (Fsp3) is 0.421. The molecule has 2 aromatic rings. The lowest BCUT2D eigenvalue weighted by Gasteiger charge is -2.26. The largest absolute Gasteiger partial charge is 0.484 e. The number of ether oxygens (including phenoxy) is 1. The fourth-order valence-corrected chi connectivity index (χ4v) is 2.86. The lowest BCUT2D eigenvalue weighted by Crippen LogP contribution is -2.38. The van der Waals surface area contributed by atoms with Gasteiger partial charge < -0.3 is 19.5 Å². The van der Waals surface area contributed by atoms with Crippen LogP contribution in [-0.2, 0) is 11.3 Å². The number of likely N-dealkylation sites (tertiary alicyclic amines) is 1. The number of hydrogen-bond donors (Lipinski definition) is 1. The number of piperidine rings is 1. The van der Waals surface area contributed by atoms with E-state index in [-0.39, 0.29) is 18.4 Å². The second kappa shape index (κ2) is 8.51. The Morgan fingerprint density at radius 3 is 2.58 bits per heavy atom. The topological polar surface area (TPSA) is 84.7 Å². The van der Waals surface area contributed by atoms with E-state index in [9.17, 15) is 9.59 Å². The van der Waals surface area contributed by atoms with Crippen molar-refractivity contribution in [2.24, 2.45) is 0 Å². The molecule has 7 heteroatoms. The molecule has 1 aromatic heterocycles. The molecule has 2 heterocycles. The minimum Gasteiger partial charge on any atom is -0.484 e. The third kappa shape index (κ3) is 4.84. The van der Waals surface area contributed by atoms with Gasteiger partial charge in [-0.25, -0.2) is 0 Å². The molecule has 1 aliphatic heterocycles. The summed E-state index contributed by atoms with van der Waals surface area (Å²) in [6, 6.07) is 8.50. The molecule has 1 fully saturated rings. The van der Waals surface area contributed by atoms with Crippen molar-refractivity contribution in [2.45, 2.75) is 32.7 Å². The predicted molar refractivity (Wildman–Crippen MR) is 94.8 cm³/mol. The van der Waals surface area contributed by atoms with E-state index in [0.29, 0.717) is 29.3 Å². The van der Waals surface area contributed by atoms with Crippen LogP contribution in [-0.4, -0.2) is 41.6 Å². The molecular formula is C19H23N3O4. The van der Waals surface area contributed by atoms with Crippen LogP contribution in [0.5, 0.6) is 5.75 Å². The molecule has 0 atom stereocenters. The minimum atomic E-state index is -0.207. The fourth-order valence-electron chi connectivity index (χ4n) is 2.86. The number of nitrogens with zero attached hydrogens (tertiary/aromatic N) is 2. The number of carbonyl (C=O) groups is 2. The average Bonchev–Trinajstić information content (AvgIpc) is 3.10. The highest BCUT2D eigenvalue weighted by Gasteiger charge is 2.16. The van der Waals surface area contributed by atoms with Gasteiger partial charge in [-0.3, -0.25) is 9.59 Å². The van der Waals surface area contributed by atoms with Gasteiger partial charge in [0.15, 0.2) is 6.61 Å². The number of benzene rings is 1. The monoisotopic (exact) mass is 357 g/mol. The molecular weight excluding hydrogens is 334 g/mol. The summed E-state index contributed by atoms with van der Waals surface area (Å²) in [6.45, 7) is 3.75. The quantitative estimate of drug-likeness (QED) is 0.857. The molecule has 7 nitrogen and oxygen atoms in total. The van der Waals surface area contributed by atoms with Gasteiger partial charge in [-0.05, 0) is 50.5 Å². The Labute approximate surface area is 152 Å². The van der Waals surface area contributed by atoms with E-state index < -0.39 is 0 Å². The number of carbonyl (C=O) groups excluding carboxylic acids is 2. The zero-order chi connectivity index (χ0) is 18.4. The third-order valence-electron chi connectivity index (χ3n) is 4.29. The van der Waals surface area contributed by atoms with Crippen LogP contribution in [0.1, 0.15) is 41.1 Å². The summed E-state index contributed by atoms with van der Waals surface area (Å²) in [4.78, 5) is 26.1. The van der Waals surface area contributed by atoms with Gasteiger partial charge >= 0.3 is 0 Å². The first-order valence-corrected chi connectivity index (χ1v) is 8.83. The zero-order valence-electron chi connectivity index (χ0n) is 14.9. The van der Waals surface area contributed by atoms with E-state index in [4.69, 9.17) is 9.26 Å². The third-order valence-corrected chi connectivity index (χ3v) is 4.29. The number of aryl methyl sites for hydroxylation is 1. The molecule has 0 unspecified atom stereocenters. The van der Waals surface area contributed by atoms with Crippen molar-refractivity contribution in [2.75, 3.05) is 19.7 Å². The Hall–Kier alpha value is -2.83. The van der Waals surface area contributed by atoms with Gasteiger partial charge in [0.05, 0.1) is 6.54 Å². The lowest BCUT2D eigenvalue weighted by atomic mass is 10.1. The van der Waals surface area contributed by atoms with Crippen molar-refractivity contribution < 1.29 is 18.8 Å². The molecule has 0 saturated carbocycles. The van der Waals surface area contributed by atoms with Crippen molar-refractivity contribution in [1.82, 2.24) is 15.4 Å². The molecule has 1 aromatic carbocycles. The highest BCUT2D eigenvalue weighted by molar-refractivity contribution is 5.94. The molecule has 1 aliphatic rings. The van der Waals surface area contributed by atoms with E-state index in [1.807, 2.05) is 4.90 Å². The number of hydrogen-bond acceptors (Lipinski definition) is 5. The van der Waals surface area contributed by atoms with E-state index in [1.54, 1.807) is 37.3 Å². The van der Waals surface area contributed by atoms with E-state index >= 15 is 0 Å². The molecule has 1 N–H and O–H groups in total. The highest BCUT2D eigenvalue weighted by atomic mass is 16.5. The van der Waals surface area contributed by atoms with Crippen LogP contribution in [0.3, 0.4) is 0 Å². The van der Waals surface area contributed by atoms with Gasteiger partial charge in [0, 0.05) is 24.7 Å². The first kappa shape index (κ1) is 18.0. The molecule has 138 valence electrons. The summed E-state index contributed by atoms with van der Waals surface area (Å²) in [7, 11) is 0. The van der Waals surface area contributed by atoms with Crippen molar-refractivity contribution in [1.29, 1.82) is 0 Å². The Morgan fingerprint density at radius 2 is 1.92 bits per heavy atom. The molecule has 0 spiro atoms. The normalized spacial score (nSPS) is 14.1. The summed E-state index contributed by atoms with van der Waals surface area (Å²) in [5, 5.41) is 6.61. The van der Waals surface area contributed by atoms with Gasteiger partial charge in [-0.2, -0.15) is 0 Å². The van der Waals surface area contributed by atoms with Crippen LogP contribution in [0.25, 0.3) is 0 Å². The molecule has 0 bridgehead atoms. The Bertz CT molecular complexity index is 748. The SMILES string of the molecule is Cc1cc(CNC(=O)c2ccc(OCC(=O)N3CCCCC3)cc2)no1. The van der Waals surface area contributed by atoms with Crippen molar-refractivity contribution in [3.8, 4) is 5.75 Å². The number of aromatic nitrogens is 1. The Balaban J connectivity index is 1.46. The molecule has 2 amide bonds. The molecule has 0 radical (unpaired) electrons. The van der Waals surface area contributed by atoms with Gasteiger partial charge in [-0.1, -0.05) is 5.16 Å². The predicted octanol–water partition coefficient (Wildman–Crippen LogP) is 2.30. The molecule has 26 heavy (non-hydrogen) atoms. The summed E-state index contributed by atoms with van der Waals surface area (Å²) in [5.41, 5.74) is 1.19. The Morgan fingerprint density at radius 1 is 1.19 bits per heavy atom. The second-order valence-corrected chi connectivity index (χ2v) is 6.37. The minimum absolute atomic E-state index is 0.00873. The van der Waals surface area contributed by atoms with Crippen LogP contribution >= 0.6 is 0 Å². The number of amides is 2. The van der Waals surface area contributed by atoms with Crippen molar-refractivity contribution in [3.63, 3.8) is 0 Å². The van der Waals surface area contributed by atoms with Crippen LogP contribution < -0.4 is 10.1 Å². The standard InChI is InChI=1S/C19H23N3O4/c1-14-11-16(21-26-14)12-20-19(24)15-5-7-17(8-6-15)25-13-18(23)22-9-3-2-4-10-22/h5-8,11H,2-4,9-10,12-13H2,1H3,(H,20,24). The number of nitrogens with one attached hydrogen (secondary N) is 1. The van der Waals surface area contributed by atoms with Gasteiger partial charge in [-0.15, -0.1) is 0 Å². The summed E-state index contributed by atoms with van der Waals surface area (Å²) in [6.07, 6.45) is 3.30. The van der Waals surface area contributed by atoms with E-state index in [2.05, 4.69) is 10.5 Å². The maximum atomic E-state index is 12.1. The maximum Gasteiger partial charge on any atom is 0.260 e.